The van der Waals surface area contributed by atoms with Crippen LogP contribution >= 0.6 is 0 Å². The first kappa shape index (κ1) is 15.2. The number of ether oxygens (including phenoxy) is 1. The van der Waals surface area contributed by atoms with Gasteiger partial charge in [-0.3, -0.25) is 10.6 Å². The summed E-state index contributed by atoms with van der Waals surface area (Å²) in [4.78, 5) is 0. The minimum Gasteiger partial charge on any atom is -0.504 e. The van der Waals surface area contributed by atoms with Crippen LogP contribution in [0.25, 0.3) is 0 Å². The molecule has 0 radical (unpaired) electrons. The van der Waals surface area contributed by atoms with Crippen molar-refractivity contribution < 1.29 is 15.1 Å². The van der Waals surface area contributed by atoms with Crippen molar-refractivity contribution in [3.63, 3.8) is 0 Å². The van der Waals surface area contributed by atoms with Crippen LogP contribution in [0.5, 0.6) is 11.5 Å². The Morgan fingerprint density at radius 1 is 1.27 bits per heavy atom. The second kappa shape index (κ2) is 5.80. The number of unbranched alkanes of at least 4 members (excludes halogenated alkanes) is 3. The Morgan fingerprint density at radius 2 is 2.05 bits per heavy atom. The molecule has 22 heavy (non-hydrogen) atoms. The van der Waals surface area contributed by atoms with Crippen molar-refractivity contribution in [3.8, 4) is 11.5 Å². The molecule has 1 fully saturated rings. The molecule has 0 amide bonds. The number of benzene rings is 1. The highest BCUT2D eigenvalue weighted by Gasteiger charge is 2.53. The number of fused-ring (bicyclic) bond motifs is 2. The molecular weight excluding hydrogens is 280 g/mol. The molecule has 1 saturated carbocycles. The Kier molecular flexibility index (Phi) is 4.00. The van der Waals surface area contributed by atoms with Gasteiger partial charge >= 0.3 is 0 Å². The zero-order chi connectivity index (χ0) is 15.7. The van der Waals surface area contributed by atoms with Gasteiger partial charge in [-0.25, -0.2) is 5.06 Å². The van der Waals surface area contributed by atoms with Gasteiger partial charge in [0.25, 0.3) is 0 Å². The Balaban J connectivity index is 1.78. The van der Waals surface area contributed by atoms with Gasteiger partial charge in [0, 0.05) is 0 Å². The standard InChI is InChI=1S/C17H24N2O3/c1-2-3-4-5-11-22-13-8-7-12-14(15(13)20)16(18)19(21)17(12)9-6-10-17/h7-8,18,20-21H,2-6,9-11H2,1H3. The average Bonchev–Trinajstić information content (AvgIpc) is 2.70. The highest BCUT2D eigenvalue weighted by Crippen LogP contribution is 2.54. The Hall–Kier alpha value is -1.75. The number of rotatable bonds is 6. The van der Waals surface area contributed by atoms with E-state index in [1.807, 2.05) is 6.07 Å². The zero-order valence-corrected chi connectivity index (χ0v) is 13.1. The molecule has 3 rings (SSSR count). The summed E-state index contributed by atoms with van der Waals surface area (Å²) in [5, 5.41) is 29.8. The van der Waals surface area contributed by atoms with Crippen molar-refractivity contribution in [1.29, 1.82) is 5.41 Å². The van der Waals surface area contributed by atoms with Crippen LogP contribution in [0, 0.1) is 5.41 Å². The third kappa shape index (κ3) is 2.15. The van der Waals surface area contributed by atoms with Crippen LogP contribution in [0.3, 0.4) is 0 Å². The van der Waals surface area contributed by atoms with E-state index in [0.29, 0.717) is 17.9 Å². The van der Waals surface area contributed by atoms with Crippen LogP contribution in [0.1, 0.15) is 63.0 Å². The molecule has 3 N–H and O–H groups in total. The van der Waals surface area contributed by atoms with Gasteiger partial charge < -0.3 is 9.84 Å². The van der Waals surface area contributed by atoms with E-state index in [-0.39, 0.29) is 11.6 Å². The van der Waals surface area contributed by atoms with Gasteiger partial charge in [-0.2, -0.15) is 0 Å². The number of nitrogens with zero attached hydrogens (tertiary/aromatic N) is 1. The lowest BCUT2D eigenvalue weighted by Gasteiger charge is -2.43. The summed E-state index contributed by atoms with van der Waals surface area (Å²) in [6.07, 6.45) is 7.09. The van der Waals surface area contributed by atoms with Gasteiger partial charge in [-0.05, 0) is 37.3 Å². The lowest BCUT2D eigenvalue weighted by Crippen LogP contribution is -2.46. The number of aromatic hydroxyl groups is 1. The summed E-state index contributed by atoms with van der Waals surface area (Å²) in [6, 6.07) is 3.65. The molecule has 1 aliphatic carbocycles. The predicted octanol–water partition coefficient (Wildman–Crippen LogP) is 3.76. The normalized spacial score (nSPS) is 18.5. The SMILES string of the molecule is CCCCCCOc1ccc2c(c1O)C(=N)N(O)C21CCC1. The fraction of sp³-hybridized carbons (Fsp3) is 0.588. The number of hydrogen-bond acceptors (Lipinski definition) is 4. The molecule has 5 heteroatoms. The zero-order valence-electron chi connectivity index (χ0n) is 13.1. The number of phenolic OH excluding ortho intramolecular Hbond substituents is 1. The highest BCUT2D eigenvalue weighted by atomic mass is 16.5. The Bertz CT molecular complexity index is 582. The maximum Gasteiger partial charge on any atom is 0.169 e. The molecule has 1 aromatic carbocycles. The molecule has 0 atom stereocenters. The molecule has 0 aromatic heterocycles. The average molecular weight is 304 g/mol. The maximum absolute atomic E-state index is 10.4. The Morgan fingerprint density at radius 3 is 2.68 bits per heavy atom. The minimum atomic E-state index is -0.496. The van der Waals surface area contributed by atoms with Crippen molar-refractivity contribution >= 4 is 5.84 Å². The van der Waals surface area contributed by atoms with Crippen molar-refractivity contribution in [2.45, 2.75) is 57.4 Å². The topological polar surface area (TPSA) is 76.8 Å². The second-order valence-corrected chi connectivity index (χ2v) is 6.29. The van der Waals surface area contributed by atoms with Gasteiger partial charge in [-0.1, -0.05) is 32.3 Å². The van der Waals surface area contributed by atoms with E-state index in [0.717, 1.165) is 42.7 Å². The largest absolute Gasteiger partial charge is 0.504 e. The maximum atomic E-state index is 10.4. The number of amidine groups is 1. The fourth-order valence-corrected chi connectivity index (χ4v) is 3.45. The smallest absolute Gasteiger partial charge is 0.169 e. The molecule has 0 saturated heterocycles. The molecule has 1 spiro atoms. The summed E-state index contributed by atoms with van der Waals surface area (Å²) < 4.78 is 5.67. The fourth-order valence-electron chi connectivity index (χ4n) is 3.45. The molecule has 120 valence electrons. The van der Waals surface area contributed by atoms with Gasteiger partial charge in [-0.15, -0.1) is 0 Å². The molecule has 0 bridgehead atoms. The number of phenols is 1. The summed E-state index contributed by atoms with van der Waals surface area (Å²) in [5.41, 5.74) is 0.777. The van der Waals surface area contributed by atoms with Crippen LogP contribution in [0.2, 0.25) is 0 Å². The van der Waals surface area contributed by atoms with Crippen LogP contribution in [0.15, 0.2) is 12.1 Å². The lowest BCUT2D eigenvalue weighted by atomic mass is 9.72. The van der Waals surface area contributed by atoms with Gasteiger partial charge in [0.15, 0.2) is 17.3 Å². The third-order valence-electron chi connectivity index (χ3n) is 4.93. The van der Waals surface area contributed by atoms with Gasteiger partial charge in [0.05, 0.1) is 17.7 Å². The number of hydrogen-bond donors (Lipinski definition) is 3. The van der Waals surface area contributed by atoms with E-state index in [9.17, 15) is 10.3 Å². The number of hydroxylamine groups is 2. The Labute approximate surface area is 131 Å². The van der Waals surface area contributed by atoms with E-state index in [1.165, 1.54) is 12.8 Å². The van der Waals surface area contributed by atoms with Crippen LogP contribution < -0.4 is 4.74 Å². The third-order valence-corrected chi connectivity index (χ3v) is 4.93. The molecular formula is C17H24N2O3. The molecule has 2 aliphatic rings. The number of nitrogens with one attached hydrogen (secondary N) is 1. The van der Waals surface area contributed by atoms with E-state index in [2.05, 4.69) is 6.92 Å². The quantitative estimate of drug-likeness (QED) is 0.699. The van der Waals surface area contributed by atoms with E-state index in [4.69, 9.17) is 10.1 Å². The van der Waals surface area contributed by atoms with E-state index < -0.39 is 5.54 Å². The molecule has 5 nitrogen and oxygen atoms in total. The first-order valence-corrected chi connectivity index (χ1v) is 8.19. The first-order chi connectivity index (χ1) is 10.6. The van der Waals surface area contributed by atoms with Crippen molar-refractivity contribution in [2.24, 2.45) is 0 Å². The van der Waals surface area contributed by atoms with Crippen molar-refractivity contribution in [1.82, 2.24) is 5.06 Å². The minimum absolute atomic E-state index is 0.0131. The lowest BCUT2D eigenvalue weighted by molar-refractivity contribution is -0.138. The molecule has 1 heterocycles. The van der Waals surface area contributed by atoms with Gasteiger partial charge in [0.1, 0.15) is 0 Å². The molecule has 1 aromatic rings. The van der Waals surface area contributed by atoms with Crippen LogP contribution in [-0.2, 0) is 5.54 Å². The summed E-state index contributed by atoms with van der Waals surface area (Å²) in [7, 11) is 0. The van der Waals surface area contributed by atoms with Crippen molar-refractivity contribution in [2.75, 3.05) is 6.61 Å². The summed E-state index contributed by atoms with van der Waals surface area (Å²) in [6.45, 7) is 2.73. The van der Waals surface area contributed by atoms with Crippen LogP contribution in [0.4, 0.5) is 0 Å². The van der Waals surface area contributed by atoms with Gasteiger partial charge in [0.2, 0.25) is 0 Å². The molecule has 0 unspecified atom stereocenters. The molecule has 1 aliphatic heterocycles. The predicted molar refractivity (Wildman–Crippen MR) is 83.7 cm³/mol. The van der Waals surface area contributed by atoms with E-state index in [1.54, 1.807) is 6.07 Å². The van der Waals surface area contributed by atoms with E-state index >= 15 is 0 Å². The highest BCUT2D eigenvalue weighted by molar-refractivity contribution is 6.04. The second-order valence-electron chi connectivity index (χ2n) is 6.29. The first-order valence-electron chi connectivity index (χ1n) is 8.19. The summed E-state index contributed by atoms with van der Waals surface area (Å²) in [5.74, 6) is 0.370. The van der Waals surface area contributed by atoms with Crippen LogP contribution in [-0.4, -0.2) is 27.8 Å². The van der Waals surface area contributed by atoms with Crippen molar-refractivity contribution in [3.05, 3.63) is 23.3 Å². The monoisotopic (exact) mass is 304 g/mol. The summed E-state index contributed by atoms with van der Waals surface area (Å²) >= 11 is 0.